The lowest BCUT2D eigenvalue weighted by molar-refractivity contribution is -0.124. The molecule has 0 unspecified atom stereocenters. The average Bonchev–Trinajstić information content (AvgIpc) is 3.40. The summed E-state index contributed by atoms with van der Waals surface area (Å²) in [6.07, 6.45) is -0.128. The van der Waals surface area contributed by atoms with Gasteiger partial charge in [0.25, 0.3) is 0 Å². The monoisotopic (exact) mass is 474 g/mol. The molecule has 1 aromatic carbocycles. The first-order chi connectivity index (χ1) is 17.5. The van der Waals surface area contributed by atoms with E-state index in [2.05, 4.69) is 20.3 Å². The van der Waals surface area contributed by atoms with Crippen LogP contribution in [0.25, 0.3) is 11.2 Å². The van der Waals surface area contributed by atoms with Gasteiger partial charge in [0.1, 0.15) is 24.3 Å². The van der Waals surface area contributed by atoms with Crippen LogP contribution in [0.4, 0.5) is 5.82 Å². The Morgan fingerprint density at radius 2 is 2.12 bits per heavy atom. The van der Waals surface area contributed by atoms with Gasteiger partial charge in [0.05, 0.1) is 36.2 Å². The number of hydrogen-bond donors (Lipinski definition) is 4. The molecule has 1 fully saturated rings. The molecule has 3 aromatic rings. The average molecular weight is 475 g/mol. The van der Waals surface area contributed by atoms with Gasteiger partial charge in [0, 0.05) is 14.1 Å². The summed E-state index contributed by atoms with van der Waals surface area (Å²) >= 11 is 0. The number of ether oxygens (including phenoxy) is 2. The van der Waals surface area contributed by atoms with E-state index in [1.54, 1.807) is 17.0 Å². The molecule has 12 heteroatoms. The van der Waals surface area contributed by atoms with Gasteiger partial charge in [-0.05, 0) is 24.1 Å². The fourth-order valence-corrected chi connectivity index (χ4v) is 3.97. The van der Waals surface area contributed by atoms with Crippen molar-refractivity contribution < 1.29 is 28.6 Å². The molecule has 1 amide bonds. The van der Waals surface area contributed by atoms with Crippen molar-refractivity contribution in [3.05, 3.63) is 42.5 Å². The molecular formula is C22H29N7O5. The first-order valence-corrected chi connectivity index (χ1v) is 10.6. The number of methoxy groups -OCH3 is 1. The molecule has 2 aromatic heterocycles. The molecule has 12 nitrogen and oxygen atoms in total. The molecule has 5 N–H and O–H groups in total. The van der Waals surface area contributed by atoms with Gasteiger partial charge in [-0.15, -0.1) is 0 Å². The smallest absolute Gasteiger partial charge is 0.237 e. The van der Waals surface area contributed by atoms with Crippen LogP contribution in [0.15, 0.2) is 36.9 Å². The van der Waals surface area contributed by atoms with Gasteiger partial charge in [0.2, 0.25) is 5.91 Å². The lowest BCUT2D eigenvalue weighted by Gasteiger charge is -2.23. The third kappa shape index (κ3) is 4.53. The number of rotatable bonds is 8. The van der Waals surface area contributed by atoms with Crippen LogP contribution in [-0.4, -0.2) is 87.7 Å². The fraction of sp³-hybridized carbons (Fsp3) is 0.455. The molecule has 182 valence electrons. The highest BCUT2D eigenvalue weighted by Gasteiger charge is 2.46. The maximum Gasteiger partial charge on any atom is 0.237 e. The molecule has 1 aliphatic rings. The van der Waals surface area contributed by atoms with Crippen LogP contribution in [0, 0.1) is 0 Å². The van der Waals surface area contributed by atoms with Gasteiger partial charge >= 0.3 is 0 Å². The molecule has 1 aliphatic heterocycles. The van der Waals surface area contributed by atoms with Crippen LogP contribution in [-0.2, 0) is 16.0 Å². The molecule has 1 saturated heterocycles. The zero-order valence-electron chi connectivity index (χ0n) is 21.7. The molecule has 5 atom stereocenters. The normalized spacial score (nSPS) is 24.8. The summed E-state index contributed by atoms with van der Waals surface area (Å²) in [5.74, 6) is 0.200. The van der Waals surface area contributed by atoms with Crippen molar-refractivity contribution in [2.24, 2.45) is 5.73 Å². The van der Waals surface area contributed by atoms with Crippen LogP contribution in [0.3, 0.4) is 0 Å². The SMILES string of the molecule is [2H]C([2H])([2H])Oc1ccc(C[C@H](N)C(=O)N[C@H]2[C@@H](O)[C@H](n3cnc4c(N(C)C)ncnc43)O[C@@H]2CO)cc1. The van der Waals surface area contributed by atoms with Crippen molar-refractivity contribution >= 4 is 22.9 Å². The summed E-state index contributed by atoms with van der Waals surface area (Å²) in [4.78, 5) is 27.5. The van der Waals surface area contributed by atoms with E-state index in [1.807, 2.05) is 14.1 Å². The molecule has 34 heavy (non-hydrogen) atoms. The number of nitrogens with zero attached hydrogens (tertiary/aromatic N) is 5. The van der Waals surface area contributed by atoms with Gasteiger partial charge in [0.15, 0.2) is 23.2 Å². The zero-order chi connectivity index (χ0) is 26.9. The zero-order valence-corrected chi connectivity index (χ0v) is 18.7. The molecule has 3 heterocycles. The number of nitrogens with one attached hydrogen (secondary N) is 1. The topological polar surface area (TPSA) is 161 Å². The Morgan fingerprint density at radius 1 is 1.35 bits per heavy atom. The molecule has 0 bridgehead atoms. The van der Waals surface area contributed by atoms with E-state index in [1.165, 1.54) is 29.4 Å². The quantitative estimate of drug-likeness (QED) is 0.325. The first-order valence-electron chi connectivity index (χ1n) is 12.1. The number of carbonyl (C=O) groups excluding carboxylic acids is 1. The maximum atomic E-state index is 12.9. The van der Waals surface area contributed by atoms with E-state index in [0.717, 1.165) is 0 Å². The third-order valence-electron chi connectivity index (χ3n) is 5.73. The number of aliphatic hydroxyl groups excluding tert-OH is 2. The van der Waals surface area contributed by atoms with E-state index >= 15 is 0 Å². The summed E-state index contributed by atoms with van der Waals surface area (Å²) in [5, 5.41) is 23.6. The van der Waals surface area contributed by atoms with Crippen LogP contribution < -0.4 is 20.7 Å². The van der Waals surface area contributed by atoms with Crippen LogP contribution in [0.2, 0.25) is 0 Å². The van der Waals surface area contributed by atoms with Crippen molar-refractivity contribution in [2.75, 3.05) is 32.6 Å². The summed E-state index contributed by atoms with van der Waals surface area (Å²) in [5.41, 5.74) is 7.71. The van der Waals surface area contributed by atoms with E-state index in [-0.39, 0.29) is 12.2 Å². The Bertz CT molecular complexity index is 1240. The Morgan fingerprint density at radius 3 is 2.79 bits per heavy atom. The predicted molar refractivity (Wildman–Crippen MR) is 123 cm³/mol. The number of amides is 1. The number of aromatic nitrogens is 4. The number of anilines is 1. The first kappa shape index (κ1) is 20.1. The summed E-state index contributed by atoms with van der Waals surface area (Å²) in [6.45, 7) is -0.455. The van der Waals surface area contributed by atoms with E-state index in [4.69, 9.17) is 19.3 Å². The lowest BCUT2D eigenvalue weighted by atomic mass is 10.0. The highest BCUT2D eigenvalue weighted by atomic mass is 16.5. The number of hydrogen-bond acceptors (Lipinski definition) is 10. The fourth-order valence-electron chi connectivity index (χ4n) is 3.97. The summed E-state index contributed by atoms with van der Waals surface area (Å²) < 4.78 is 33.7. The van der Waals surface area contributed by atoms with Gasteiger partial charge < -0.3 is 35.6 Å². The summed E-state index contributed by atoms with van der Waals surface area (Å²) in [6, 6.07) is 4.26. The Kier molecular flexibility index (Phi) is 5.84. The number of nitrogens with two attached hydrogens (primary N) is 1. The molecule has 0 aliphatic carbocycles. The maximum absolute atomic E-state index is 12.9. The van der Waals surface area contributed by atoms with E-state index in [0.29, 0.717) is 22.5 Å². The second-order valence-corrected chi connectivity index (χ2v) is 8.25. The molecular weight excluding hydrogens is 442 g/mol. The largest absolute Gasteiger partial charge is 0.497 e. The van der Waals surface area contributed by atoms with E-state index in [9.17, 15) is 15.0 Å². The summed E-state index contributed by atoms with van der Waals surface area (Å²) in [7, 11) is 1.07. The minimum absolute atomic E-state index is 0.146. The molecule has 0 radical (unpaired) electrons. The molecule has 4 rings (SSSR count). The lowest BCUT2D eigenvalue weighted by Crippen LogP contribution is -2.53. The van der Waals surface area contributed by atoms with Crippen molar-refractivity contribution in [1.29, 1.82) is 0 Å². The third-order valence-corrected chi connectivity index (χ3v) is 5.73. The number of benzene rings is 1. The molecule has 0 spiro atoms. The van der Waals surface area contributed by atoms with Crippen LogP contribution in [0.5, 0.6) is 5.75 Å². The van der Waals surface area contributed by atoms with Gasteiger partial charge in [-0.1, -0.05) is 12.1 Å². The Labute approximate surface area is 200 Å². The molecule has 0 saturated carbocycles. The highest BCUT2D eigenvalue weighted by molar-refractivity contribution is 5.83. The number of fused-ring (bicyclic) bond motifs is 1. The number of carbonyl (C=O) groups is 1. The van der Waals surface area contributed by atoms with Gasteiger partial charge in [-0.2, -0.15) is 0 Å². The van der Waals surface area contributed by atoms with Crippen molar-refractivity contribution in [3.8, 4) is 5.75 Å². The van der Waals surface area contributed by atoms with Crippen LogP contribution >= 0.6 is 0 Å². The number of imidazole rings is 1. The van der Waals surface area contributed by atoms with Crippen LogP contribution in [0.1, 0.15) is 15.9 Å². The predicted octanol–water partition coefficient (Wildman–Crippen LogP) is -0.794. The van der Waals surface area contributed by atoms with Crippen molar-refractivity contribution in [3.63, 3.8) is 0 Å². The number of aliphatic hydroxyl groups is 2. The minimum Gasteiger partial charge on any atom is -0.497 e. The highest BCUT2D eigenvalue weighted by Crippen LogP contribution is 2.32. The minimum atomic E-state index is -2.56. The Balaban J connectivity index is 1.45. The van der Waals surface area contributed by atoms with Gasteiger partial charge in [-0.3, -0.25) is 9.36 Å². The standard InChI is InChI=1S/C22H29N7O5/c1-28(2)19-17-20(25-10-24-19)29(11-26-17)22-18(31)16(15(9-30)34-22)27-21(32)14(23)8-12-4-6-13(33-3)7-5-12/h4-7,10-11,14-16,18,22,30-31H,8-9,23H2,1-3H3,(H,27,32)/t14-,15+,16+,18+,22+/m0/s1/i3D3. The van der Waals surface area contributed by atoms with Crippen molar-refractivity contribution in [1.82, 2.24) is 24.8 Å². The van der Waals surface area contributed by atoms with Gasteiger partial charge in [-0.25, -0.2) is 15.0 Å². The van der Waals surface area contributed by atoms with E-state index < -0.39 is 50.1 Å². The Hall–Kier alpha value is -3.32. The second-order valence-electron chi connectivity index (χ2n) is 8.25. The van der Waals surface area contributed by atoms with Crippen molar-refractivity contribution in [2.45, 2.75) is 36.9 Å². The second kappa shape index (κ2) is 9.89.